The van der Waals surface area contributed by atoms with E-state index in [1.807, 2.05) is 0 Å². The van der Waals surface area contributed by atoms with E-state index in [4.69, 9.17) is 0 Å². The van der Waals surface area contributed by atoms with Crippen LogP contribution in [0.5, 0.6) is 0 Å². The lowest BCUT2D eigenvalue weighted by Gasteiger charge is -2.11. The standard InChI is InChI=1S/C29H26N2/c1-20-12-14-28-24(18-20)22-8-3-5-10-26(22)30(28)16-7-17-31-27-11-6-4-9-23(27)25-19-21(2)13-15-29(25)31/h3-6,8-15,18-19H,7,16-17H2,1-2H3. The van der Waals surface area contributed by atoms with Crippen LogP contribution in [-0.2, 0) is 13.1 Å². The summed E-state index contributed by atoms with van der Waals surface area (Å²) in [5.74, 6) is 0. The maximum absolute atomic E-state index is 2.50. The Morgan fingerprint density at radius 3 is 1.39 bits per heavy atom. The second kappa shape index (κ2) is 7.02. The first kappa shape index (κ1) is 18.3. The van der Waals surface area contributed by atoms with Crippen LogP contribution in [0.25, 0.3) is 43.6 Å². The summed E-state index contributed by atoms with van der Waals surface area (Å²) in [5, 5.41) is 5.44. The zero-order valence-electron chi connectivity index (χ0n) is 18.1. The molecule has 6 rings (SSSR count). The molecule has 0 radical (unpaired) electrons. The van der Waals surface area contributed by atoms with Gasteiger partial charge in [0, 0.05) is 56.7 Å². The zero-order chi connectivity index (χ0) is 20.9. The summed E-state index contributed by atoms with van der Waals surface area (Å²) in [4.78, 5) is 0. The average molecular weight is 403 g/mol. The molecule has 152 valence electrons. The van der Waals surface area contributed by atoms with Crippen LogP contribution in [0.3, 0.4) is 0 Å². The molecule has 31 heavy (non-hydrogen) atoms. The molecule has 2 nitrogen and oxygen atoms in total. The first-order chi connectivity index (χ1) is 15.2. The van der Waals surface area contributed by atoms with E-state index in [2.05, 4.69) is 108 Å². The smallest absolute Gasteiger partial charge is 0.0491 e. The van der Waals surface area contributed by atoms with E-state index in [9.17, 15) is 0 Å². The highest BCUT2D eigenvalue weighted by Crippen LogP contribution is 2.32. The number of aromatic nitrogens is 2. The van der Waals surface area contributed by atoms with Crippen molar-refractivity contribution in [1.82, 2.24) is 9.13 Å². The Morgan fingerprint density at radius 1 is 0.484 bits per heavy atom. The second-order valence-corrected chi connectivity index (χ2v) is 8.73. The molecule has 0 amide bonds. The van der Waals surface area contributed by atoms with Gasteiger partial charge in [0.25, 0.3) is 0 Å². The third-order valence-corrected chi connectivity index (χ3v) is 6.62. The summed E-state index contributed by atoms with van der Waals surface area (Å²) in [6.07, 6.45) is 1.09. The Bertz CT molecular complexity index is 1460. The number of rotatable bonds is 4. The van der Waals surface area contributed by atoms with Crippen molar-refractivity contribution in [2.45, 2.75) is 33.4 Å². The van der Waals surface area contributed by atoms with Gasteiger partial charge in [-0.25, -0.2) is 0 Å². The fraction of sp³-hybridized carbons (Fsp3) is 0.172. The highest BCUT2D eigenvalue weighted by Gasteiger charge is 2.12. The number of benzene rings is 4. The minimum Gasteiger partial charge on any atom is -0.340 e. The summed E-state index contributed by atoms with van der Waals surface area (Å²) in [7, 11) is 0. The van der Waals surface area contributed by atoms with Crippen LogP contribution in [0, 0.1) is 13.8 Å². The Kier molecular flexibility index (Phi) is 4.14. The van der Waals surface area contributed by atoms with Gasteiger partial charge in [-0.3, -0.25) is 0 Å². The number of fused-ring (bicyclic) bond motifs is 6. The van der Waals surface area contributed by atoms with Gasteiger partial charge in [0.1, 0.15) is 0 Å². The topological polar surface area (TPSA) is 9.86 Å². The summed E-state index contributed by atoms with van der Waals surface area (Å²) in [5.41, 5.74) is 7.98. The molecule has 0 aliphatic rings. The van der Waals surface area contributed by atoms with E-state index in [0.717, 1.165) is 19.5 Å². The Morgan fingerprint density at radius 2 is 0.903 bits per heavy atom. The van der Waals surface area contributed by atoms with Gasteiger partial charge >= 0.3 is 0 Å². The first-order valence-corrected chi connectivity index (χ1v) is 11.2. The monoisotopic (exact) mass is 402 g/mol. The van der Waals surface area contributed by atoms with Crippen molar-refractivity contribution in [3.8, 4) is 0 Å². The van der Waals surface area contributed by atoms with Gasteiger partial charge in [-0.15, -0.1) is 0 Å². The highest BCUT2D eigenvalue weighted by atomic mass is 15.0. The molecule has 4 aromatic carbocycles. The maximum Gasteiger partial charge on any atom is 0.0491 e. The molecule has 0 atom stereocenters. The van der Waals surface area contributed by atoms with Crippen LogP contribution < -0.4 is 0 Å². The number of para-hydroxylation sites is 2. The molecule has 0 N–H and O–H groups in total. The molecule has 2 aromatic heterocycles. The fourth-order valence-electron chi connectivity index (χ4n) is 5.20. The number of aryl methyl sites for hydroxylation is 4. The summed E-state index contributed by atoms with van der Waals surface area (Å²) in [6.45, 7) is 6.37. The van der Waals surface area contributed by atoms with Gasteiger partial charge in [0.2, 0.25) is 0 Å². The van der Waals surface area contributed by atoms with E-state index < -0.39 is 0 Å². The second-order valence-electron chi connectivity index (χ2n) is 8.73. The Hall–Kier alpha value is -3.52. The maximum atomic E-state index is 2.50. The molecule has 0 aliphatic carbocycles. The predicted octanol–water partition coefficient (Wildman–Crippen LogP) is 7.61. The molecule has 2 heterocycles. The quantitative estimate of drug-likeness (QED) is 0.287. The summed E-state index contributed by atoms with van der Waals surface area (Å²) < 4.78 is 5.00. The van der Waals surface area contributed by atoms with Gasteiger partial charge in [0.15, 0.2) is 0 Å². The van der Waals surface area contributed by atoms with Crippen LogP contribution in [0.4, 0.5) is 0 Å². The largest absolute Gasteiger partial charge is 0.340 e. The lowest BCUT2D eigenvalue weighted by molar-refractivity contribution is 0.603. The fourth-order valence-corrected chi connectivity index (χ4v) is 5.20. The molecule has 0 aliphatic heterocycles. The van der Waals surface area contributed by atoms with Crippen LogP contribution in [0.2, 0.25) is 0 Å². The third-order valence-electron chi connectivity index (χ3n) is 6.62. The minimum atomic E-state index is 1.01. The lowest BCUT2D eigenvalue weighted by Crippen LogP contribution is -2.04. The van der Waals surface area contributed by atoms with Crippen molar-refractivity contribution in [2.24, 2.45) is 0 Å². The summed E-state index contributed by atoms with van der Waals surface area (Å²) in [6, 6.07) is 31.3. The van der Waals surface area contributed by atoms with Gasteiger partial charge in [-0.05, 0) is 56.7 Å². The van der Waals surface area contributed by atoms with Gasteiger partial charge in [0.05, 0.1) is 0 Å². The SMILES string of the molecule is Cc1ccc2c(c1)c1ccccc1n2CCCn1c2ccccc2c2cc(C)ccc21. The van der Waals surface area contributed by atoms with Crippen molar-refractivity contribution >= 4 is 43.6 Å². The van der Waals surface area contributed by atoms with Crippen molar-refractivity contribution < 1.29 is 0 Å². The van der Waals surface area contributed by atoms with E-state index >= 15 is 0 Å². The molecule has 6 aromatic rings. The molecule has 0 unspecified atom stereocenters. The van der Waals surface area contributed by atoms with E-state index in [1.165, 1.54) is 54.7 Å². The van der Waals surface area contributed by atoms with E-state index in [1.54, 1.807) is 0 Å². The third kappa shape index (κ3) is 2.86. The molecule has 0 bridgehead atoms. The lowest BCUT2D eigenvalue weighted by atomic mass is 10.1. The van der Waals surface area contributed by atoms with Crippen molar-refractivity contribution in [3.63, 3.8) is 0 Å². The van der Waals surface area contributed by atoms with Gasteiger partial charge in [-0.1, -0.05) is 59.7 Å². The zero-order valence-corrected chi connectivity index (χ0v) is 18.1. The highest BCUT2D eigenvalue weighted by molar-refractivity contribution is 6.09. The van der Waals surface area contributed by atoms with Crippen LogP contribution in [0.15, 0.2) is 84.9 Å². The number of hydrogen-bond donors (Lipinski definition) is 0. The van der Waals surface area contributed by atoms with Crippen LogP contribution >= 0.6 is 0 Å². The first-order valence-electron chi connectivity index (χ1n) is 11.2. The van der Waals surface area contributed by atoms with Crippen LogP contribution in [0.1, 0.15) is 17.5 Å². The molecule has 0 saturated carbocycles. The van der Waals surface area contributed by atoms with Crippen molar-refractivity contribution in [1.29, 1.82) is 0 Å². The van der Waals surface area contributed by atoms with Crippen LogP contribution in [-0.4, -0.2) is 9.13 Å². The molecule has 2 heteroatoms. The Balaban J connectivity index is 1.40. The molecular formula is C29H26N2. The van der Waals surface area contributed by atoms with Gasteiger partial charge < -0.3 is 9.13 Å². The molecule has 0 spiro atoms. The van der Waals surface area contributed by atoms with Gasteiger partial charge in [-0.2, -0.15) is 0 Å². The van der Waals surface area contributed by atoms with E-state index in [0.29, 0.717) is 0 Å². The molecule has 0 saturated heterocycles. The Labute approximate surface area is 182 Å². The average Bonchev–Trinajstić information content (AvgIpc) is 3.27. The minimum absolute atomic E-state index is 1.01. The number of nitrogens with zero attached hydrogens (tertiary/aromatic N) is 2. The normalized spacial score (nSPS) is 11.9. The van der Waals surface area contributed by atoms with Crippen molar-refractivity contribution in [2.75, 3.05) is 0 Å². The summed E-state index contributed by atoms with van der Waals surface area (Å²) >= 11 is 0. The number of hydrogen-bond acceptors (Lipinski definition) is 0. The van der Waals surface area contributed by atoms with Crippen molar-refractivity contribution in [3.05, 3.63) is 96.1 Å². The molecule has 0 fully saturated rings. The molecular weight excluding hydrogens is 376 g/mol. The predicted molar refractivity (Wildman–Crippen MR) is 133 cm³/mol. The van der Waals surface area contributed by atoms with E-state index in [-0.39, 0.29) is 0 Å².